The summed E-state index contributed by atoms with van der Waals surface area (Å²) in [6.45, 7) is 9.69. The highest BCUT2D eigenvalue weighted by Crippen LogP contribution is 2.19. The molecule has 1 saturated heterocycles. The molecule has 2 fully saturated rings. The zero-order chi connectivity index (χ0) is 16.8. The molecule has 1 aliphatic heterocycles. The molecule has 1 saturated carbocycles. The summed E-state index contributed by atoms with van der Waals surface area (Å²) in [6, 6.07) is 9.63. The Labute approximate surface area is 146 Å². The largest absolute Gasteiger partial charge is 0.357 e. The van der Waals surface area contributed by atoms with Crippen LogP contribution < -0.4 is 10.6 Å². The maximum atomic E-state index is 4.70. The molecule has 3 rings (SSSR count). The molecule has 4 heteroatoms. The summed E-state index contributed by atoms with van der Waals surface area (Å²) >= 11 is 0. The first-order valence-electron chi connectivity index (χ1n) is 9.58. The van der Waals surface area contributed by atoms with E-state index in [0.717, 1.165) is 31.5 Å². The quantitative estimate of drug-likeness (QED) is 0.622. The monoisotopic (exact) mass is 328 g/mol. The fourth-order valence-corrected chi connectivity index (χ4v) is 3.35. The van der Waals surface area contributed by atoms with Crippen LogP contribution in [-0.4, -0.2) is 36.5 Å². The number of hydrogen-bond acceptors (Lipinski definition) is 2. The minimum absolute atomic E-state index is 0.636. The normalized spacial score (nSPS) is 22.4. The van der Waals surface area contributed by atoms with Crippen molar-refractivity contribution >= 4 is 5.96 Å². The SMILES string of the molecule is CCNC(=NCc1ccc(CN2CCCC(C)C2)cc1)NC1CC1. The molecule has 0 amide bonds. The van der Waals surface area contributed by atoms with Crippen molar-refractivity contribution in [3.05, 3.63) is 35.4 Å². The molecule has 1 aromatic rings. The van der Waals surface area contributed by atoms with Gasteiger partial charge in [0.15, 0.2) is 5.96 Å². The van der Waals surface area contributed by atoms with Crippen molar-refractivity contribution in [3.63, 3.8) is 0 Å². The number of nitrogens with one attached hydrogen (secondary N) is 2. The van der Waals surface area contributed by atoms with Crippen LogP contribution >= 0.6 is 0 Å². The van der Waals surface area contributed by atoms with E-state index < -0.39 is 0 Å². The molecule has 24 heavy (non-hydrogen) atoms. The average molecular weight is 329 g/mol. The zero-order valence-corrected chi connectivity index (χ0v) is 15.2. The van der Waals surface area contributed by atoms with Crippen molar-refractivity contribution < 1.29 is 0 Å². The van der Waals surface area contributed by atoms with E-state index in [0.29, 0.717) is 6.04 Å². The Bertz CT molecular complexity index is 533. The van der Waals surface area contributed by atoms with Gasteiger partial charge in [-0.25, -0.2) is 4.99 Å². The van der Waals surface area contributed by atoms with Gasteiger partial charge < -0.3 is 10.6 Å². The van der Waals surface area contributed by atoms with Gasteiger partial charge in [-0.1, -0.05) is 31.2 Å². The van der Waals surface area contributed by atoms with E-state index in [9.17, 15) is 0 Å². The molecule has 132 valence electrons. The van der Waals surface area contributed by atoms with Crippen LogP contribution in [0, 0.1) is 5.92 Å². The highest BCUT2D eigenvalue weighted by Gasteiger charge is 2.22. The van der Waals surface area contributed by atoms with Crippen molar-refractivity contribution in [1.82, 2.24) is 15.5 Å². The second kappa shape index (κ2) is 8.52. The highest BCUT2D eigenvalue weighted by molar-refractivity contribution is 5.80. The van der Waals surface area contributed by atoms with Gasteiger partial charge in [0.25, 0.3) is 0 Å². The molecule has 2 N–H and O–H groups in total. The Balaban J connectivity index is 1.51. The van der Waals surface area contributed by atoms with E-state index in [1.807, 2.05) is 0 Å². The van der Waals surface area contributed by atoms with Gasteiger partial charge in [0.05, 0.1) is 6.54 Å². The number of aliphatic imine (C=N–C) groups is 1. The third kappa shape index (κ3) is 5.52. The van der Waals surface area contributed by atoms with Crippen LogP contribution in [0.5, 0.6) is 0 Å². The summed E-state index contributed by atoms with van der Waals surface area (Å²) in [5.74, 6) is 1.79. The summed E-state index contributed by atoms with van der Waals surface area (Å²) in [7, 11) is 0. The van der Waals surface area contributed by atoms with Gasteiger partial charge in [0, 0.05) is 25.7 Å². The maximum absolute atomic E-state index is 4.70. The molecule has 1 unspecified atom stereocenters. The number of nitrogens with zero attached hydrogens (tertiary/aromatic N) is 2. The number of benzene rings is 1. The van der Waals surface area contributed by atoms with Gasteiger partial charge in [0.1, 0.15) is 0 Å². The number of likely N-dealkylation sites (tertiary alicyclic amines) is 1. The van der Waals surface area contributed by atoms with Crippen molar-refractivity contribution in [2.75, 3.05) is 19.6 Å². The van der Waals surface area contributed by atoms with E-state index >= 15 is 0 Å². The van der Waals surface area contributed by atoms with Crippen LogP contribution in [0.3, 0.4) is 0 Å². The molecular weight excluding hydrogens is 296 g/mol. The van der Waals surface area contributed by atoms with Crippen LogP contribution in [0.15, 0.2) is 29.3 Å². The molecule has 1 atom stereocenters. The standard InChI is InChI=1S/C20H32N4/c1-3-21-20(23-19-10-11-19)22-13-17-6-8-18(9-7-17)15-24-12-4-5-16(2)14-24/h6-9,16,19H,3-5,10-15H2,1-2H3,(H2,21,22,23). The molecule has 4 nitrogen and oxygen atoms in total. The summed E-state index contributed by atoms with van der Waals surface area (Å²) in [5.41, 5.74) is 2.69. The lowest BCUT2D eigenvalue weighted by atomic mass is 9.99. The molecule has 0 bridgehead atoms. The van der Waals surface area contributed by atoms with Gasteiger partial charge in [-0.2, -0.15) is 0 Å². The number of rotatable bonds is 6. The Morgan fingerprint density at radius 2 is 1.92 bits per heavy atom. The molecule has 1 aromatic carbocycles. The first-order valence-corrected chi connectivity index (χ1v) is 9.58. The van der Waals surface area contributed by atoms with Gasteiger partial charge >= 0.3 is 0 Å². The molecule has 2 aliphatic rings. The van der Waals surface area contributed by atoms with Gasteiger partial charge in [0.2, 0.25) is 0 Å². The van der Waals surface area contributed by atoms with Crippen LogP contribution in [0.1, 0.15) is 50.7 Å². The first kappa shape index (κ1) is 17.3. The molecule has 0 spiro atoms. The molecule has 0 aromatic heterocycles. The topological polar surface area (TPSA) is 39.7 Å². The van der Waals surface area contributed by atoms with Crippen molar-refractivity contribution in [3.8, 4) is 0 Å². The summed E-state index contributed by atoms with van der Waals surface area (Å²) in [5, 5.41) is 6.79. The van der Waals surface area contributed by atoms with Crippen LogP contribution in [0.2, 0.25) is 0 Å². The number of guanidine groups is 1. The van der Waals surface area contributed by atoms with E-state index in [1.165, 1.54) is 49.9 Å². The minimum atomic E-state index is 0.636. The fourth-order valence-electron chi connectivity index (χ4n) is 3.35. The Hall–Kier alpha value is -1.55. The lowest BCUT2D eigenvalue weighted by molar-refractivity contribution is 0.176. The Morgan fingerprint density at radius 1 is 1.17 bits per heavy atom. The van der Waals surface area contributed by atoms with E-state index in [-0.39, 0.29) is 0 Å². The number of hydrogen-bond donors (Lipinski definition) is 2. The lowest BCUT2D eigenvalue weighted by Gasteiger charge is -2.30. The van der Waals surface area contributed by atoms with Crippen LogP contribution in [0.25, 0.3) is 0 Å². The second-order valence-corrected chi connectivity index (χ2v) is 7.41. The van der Waals surface area contributed by atoms with E-state index in [4.69, 9.17) is 4.99 Å². The third-order valence-electron chi connectivity index (χ3n) is 4.85. The summed E-state index contributed by atoms with van der Waals surface area (Å²) < 4.78 is 0. The van der Waals surface area contributed by atoms with Gasteiger partial charge in [-0.05, 0) is 56.2 Å². The summed E-state index contributed by atoms with van der Waals surface area (Å²) in [6.07, 6.45) is 5.27. The van der Waals surface area contributed by atoms with Gasteiger partial charge in [-0.3, -0.25) is 4.90 Å². The molecular formula is C20H32N4. The molecule has 1 heterocycles. The molecule has 0 radical (unpaired) electrons. The smallest absolute Gasteiger partial charge is 0.191 e. The Kier molecular flexibility index (Phi) is 6.13. The van der Waals surface area contributed by atoms with Crippen molar-refractivity contribution in [1.29, 1.82) is 0 Å². The van der Waals surface area contributed by atoms with Crippen molar-refractivity contribution in [2.45, 2.75) is 58.7 Å². The van der Waals surface area contributed by atoms with Crippen molar-refractivity contribution in [2.24, 2.45) is 10.9 Å². The summed E-state index contributed by atoms with van der Waals surface area (Å²) in [4.78, 5) is 7.29. The highest BCUT2D eigenvalue weighted by atomic mass is 15.2. The second-order valence-electron chi connectivity index (χ2n) is 7.41. The van der Waals surface area contributed by atoms with Crippen LogP contribution in [0.4, 0.5) is 0 Å². The van der Waals surface area contributed by atoms with Crippen LogP contribution in [-0.2, 0) is 13.1 Å². The average Bonchev–Trinajstić information content (AvgIpc) is 3.38. The van der Waals surface area contributed by atoms with E-state index in [2.05, 4.69) is 53.6 Å². The lowest BCUT2D eigenvalue weighted by Crippen LogP contribution is -2.38. The molecule has 1 aliphatic carbocycles. The third-order valence-corrected chi connectivity index (χ3v) is 4.85. The fraction of sp³-hybridized carbons (Fsp3) is 0.650. The Morgan fingerprint density at radius 3 is 2.58 bits per heavy atom. The van der Waals surface area contributed by atoms with Gasteiger partial charge in [-0.15, -0.1) is 0 Å². The first-order chi connectivity index (χ1) is 11.7. The maximum Gasteiger partial charge on any atom is 0.191 e. The zero-order valence-electron chi connectivity index (χ0n) is 15.2. The minimum Gasteiger partial charge on any atom is -0.357 e. The predicted octanol–water partition coefficient (Wildman–Crippen LogP) is 3.14. The predicted molar refractivity (Wildman–Crippen MR) is 101 cm³/mol. The van der Waals surface area contributed by atoms with E-state index in [1.54, 1.807) is 0 Å². The number of piperidine rings is 1.